The molecule has 92 valence electrons. The third-order valence-corrected chi connectivity index (χ3v) is 3.76. The van der Waals surface area contributed by atoms with Crippen molar-refractivity contribution in [1.82, 2.24) is 15.0 Å². The first-order valence-electron chi connectivity index (χ1n) is 5.79. The van der Waals surface area contributed by atoms with E-state index in [0.29, 0.717) is 6.54 Å². The van der Waals surface area contributed by atoms with E-state index in [0.717, 1.165) is 27.6 Å². The molecule has 0 radical (unpaired) electrons. The van der Waals surface area contributed by atoms with E-state index in [4.69, 9.17) is 5.73 Å². The monoisotopic (exact) mass is 258 g/mol. The first kappa shape index (κ1) is 11.4. The van der Waals surface area contributed by atoms with Crippen molar-refractivity contribution < 1.29 is 0 Å². The first-order chi connectivity index (χ1) is 8.67. The Kier molecular flexibility index (Phi) is 2.65. The molecular formula is C13H14N4S. The Bertz CT molecular complexity index is 711. The highest BCUT2D eigenvalue weighted by atomic mass is 32.1. The maximum Gasteiger partial charge on any atom is 0.158 e. The van der Waals surface area contributed by atoms with Crippen LogP contribution in [-0.4, -0.2) is 15.0 Å². The number of nitrogens with two attached hydrogens (primary N) is 1. The molecule has 5 heteroatoms. The predicted molar refractivity (Wildman–Crippen MR) is 74.6 cm³/mol. The average Bonchev–Trinajstić information content (AvgIpc) is 2.93. The Morgan fingerprint density at radius 3 is 2.83 bits per heavy atom. The van der Waals surface area contributed by atoms with Crippen LogP contribution in [0.2, 0.25) is 0 Å². The van der Waals surface area contributed by atoms with Gasteiger partial charge in [0.15, 0.2) is 5.82 Å². The van der Waals surface area contributed by atoms with Crippen molar-refractivity contribution in [3.8, 4) is 11.5 Å². The number of aromatic amines is 1. The van der Waals surface area contributed by atoms with E-state index in [1.165, 1.54) is 11.1 Å². The van der Waals surface area contributed by atoms with Crippen molar-refractivity contribution >= 4 is 22.4 Å². The predicted octanol–water partition coefficient (Wildman–Crippen LogP) is 2.76. The van der Waals surface area contributed by atoms with Gasteiger partial charge in [-0.3, -0.25) is 0 Å². The fraction of sp³-hybridized carbons (Fsp3) is 0.231. The highest BCUT2D eigenvalue weighted by molar-refractivity contribution is 7.09. The van der Waals surface area contributed by atoms with Crippen molar-refractivity contribution in [2.75, 3.05) is 0 Å². The number of hydrogen-bond donors (Lipinski definition) is 2. The van der Waals surface area contributed by atoms with Gasteiger partial charge in [-0.25, -0.2) is 9.97 Å². The number of nitrogens with zero attached hydrogens (tertiary/aromatic N) is 2. The second kappa shape index (κ2) is 4.19. The Morgan fingerprint density at radius 2 is 2.11 bits per heavy atom. The van der Waals surface area contributed by atoms with Crippen LogP contribution in [0.5, 0.6) is 0 Å². The molecule has 18 heavy (non-hydrogen) atoms. The Hall–Kier alpha value is -1.72. The molecule has 1 aromatic carbocycles. The van der Waals surface area contributed by atoms with Crippen molar-refractivity contribution in [3.63, 3.8) is 0 Å². The lowest BCUT2D eigenvalue weighted by atomic mass is 10.1. The molecule has 0 spiro atoms. The van der Waals surface area contributed by atoms with Gasteiger partial charge < -0.3 is 10.7 Å². The summed E-state index contributed by atoms with van der Waals surface area (Å²) in [7, 11) is 0. The summed E-state index contributed by atoms with van der Waals surface area (Å²) in [6.07, 6.45) is 0. The molecule has 0 aliphatic heterocycles. The highest BCUT2D eigenvalue weighted by Crippen LogP contribution is 2.24. The van der Waals surface area contributed by atoms with Crippen LogP contribution >= 0.6 is 11.3 Å². The van der Waals surface area contributed by atoms with Gasteiger partial charge in [-0.05, 0) is 31.0 Å². The lowest BCUT2D eigenvalue weighted by molar-refractivity contribution is 1.04. The van der Waals surface area contributed by atoms with Crippen LogP contribution in [0.1, 0.15) is 16.1 Å². The molecule has 0 atom stereocenters. The van der Waals surface area contributed by atoms with E-state index in [9.17, 15) is 0 Å². The fourth-order valence-corrected chi connectivity index (χ4v) is 2.76. The van der Waals surface area contributed by atoms with Crippen molar-refractivity contribution in [3.05, 3.63) is 33.6 Å². The summed E-state index contributed by atoms with van der Waals surface area (Å²) in [6.45, 7) is 4.64. The number of imidazole rings is 1. The molecule has 0 unspecified atom stereocenters. The number of aryl methyl sites for hydroxylation is 2. The second-order valence-electron chi connectivity index (χ2n) is 4.39. The summed E-state index contributed by atoms with van der Waals surface area (Å²) < 4.78 is 0. The minimum Gasteiger partial charge on any atom is -0.337 e. The van der Waals surface area contributed by atoms with Gasteiger partial charge in [0, 0.05) is 11.9 Å². The molecular weight excluding hydrogens is 244 g/mol. The number of nitrogens with one attached hydrogen (secondary N) is 1. The summed E-state index contributed by atoms with van der Waals surface area (Å²) in [5, 5.41) is 2.92. The van der Waals surface area contributed by atoms with E-state index in [1.807, 2.05) is 5.38 Å². The van der Waals surface area contributed by atoms with Crippen molar-refractivity contribution in [2.45, 2.75) is 20.4 Å². The highest BCUT2D eigenvalue weighted by Gasteiger charge is 2.10. The second-order valence-corrected chi connectivity index (χ2v) is 5.34. The first-order valence-corrected chi connectivity index (χ1v) is 6.67. The van der Waals surface area contributed by atoms with Crippen LogP contribution < -0.4 is 5.73 Å². The molecule has 0 aliphatic carbocycles. The summed E-state index contributed by atoms with van der Waals surface area (Å²) in [6, 6.07) is 4.24. The molecule has 0 amide bonds. The van der Waals surface area contributed by atoms with Gasteiger partial charge in [-0.2, -0.15) is 0 Å². The summed E-state index contributed by atoms with van der Waals surface area (Å²) in [5.41, 5.74) is 10.9. The summed E-state index contributed by atoms with van der Waals surface area (Å²) in [5.74, 6) is 0.814. The standard InChI is InChI=1S/C13H14N4S/c1-7-3-8(2)12-9(4-7)16-13(17-12)10-6-18-11(5-14)15-10/h3-4,6H,5,14H2,1-2H3,(H,16,17). The minimum absolute atomic E-state index is 0.475. The SMILES string of the molecule is Cc1cc(C)c2nc(-c3csc(CN)n3)[nH]c2c1. The van der Waals surface area contributed by atoms with Gasteiger partial charge >= 0.3 is 0 Å². The fourth-order valence-electron chi connectivity index (χ4n) is 2.11. The van der Waals surface area contributed by atoms with E-state index in [-0.39, 0.29) is 0 Å². The Balaban J connectivity index is 2.16. The Morgan fingerprint density at radius 1 is 1.28 bits per heavy atom. The van der Waals surface area contributed by atoms with Gasteiger partial charge in [-0.1, -0.05) is 6.07 Å². The quantitative estimate of drug-likeness (QED) is 0.742. The molecule has 0 fully saturated rings. The number of rotatable bonds is 2. The van der Waals surface area contributed by atoms with Gasteiger partial charge in [0.25, 0.3) is 0 Å². The lowest BCUT2D eigenvalue weighted by Gasteiger charge is -1.96. The van der Waals surface area contributed by atoms with Crippen molar-refractivity contribution in [2.24, 2.45) is 5.73 Å². The van der Waals surface area contributed by atoms with Gasteiger partial charge in [-0.15, -0.1) is 11.3 Å². The molecule has 0 aliphatic rings. The number of benzene rings is 1. The van der Waals surface area contributed by atoms with Gasteiger partial charge in [0.2, 0.25) is 0 Å². The van der Waals surface area contributed by atoms with Crippen LogP contribution in [0.15, 0.2) is 17.5 Å². The Labute approximate surface area is 109 Å². The number of fused-ring (bicyclic) bond motifs is 1. The largest absolute Gasteiger partial charge is 0.337 e. The topological polar surface area (TPSA) is 67.6 Å². The molecule has 2 heterocycles. The van der Waals surface area contributed by atoms with Gasteiger partial charge in [0.05, 0.1) is 11.0 Å². The minimum atomic E-state index is 0.475. The maximum atomic E-state index is 5.58. The average molecular weight is 258 g/mol. The smallest absolute Gasteiger partial charge is 0.158 e. The van der Waals surface area contributed by atoms with Crippen LogP contribution in [-0.2, 0) is 6.54 Å². The zero-order valence-electron chi connectivity index (χ0n) is 10.3. The molecule has 0 bridgehead atoms. The number of aromatic nitrogens is 3. The van der Waals surface area contributed by atoms with Crippen molar-refractivity contribution in [1.29, 1.82) is 0 Å². The maximum absolute atomic E-state index is 5.58. The van der Waals surface area contributed by atoms with E-state index in [2.05, 4.69) is 40.9 Å². The number of hydrogen-bond acceptors (Lipinski definition) is 4. The summed E-state index contributed by atoms with van der Waals surface area (Å²) in [4.78, 5) is 12.4. The molecule has 0 saturated carbocycles. The number of H-pyrrole nitrogens is 1. The molecule has 4 nitrogen and oxygen atoms in total. The summed E-state index contributed by atoms with van der Waals surface area (Å²) >= 11 is 1.57. The molecule has 3 aromatic rings. The molecule has 0 saturated heterocycles. The number of thiazole rings is 1. The van der Waals surface area contributed by atoms with E-state index in [1.54, 1.807) is 11.3 Å². The van der Waals surface area contributed by atoms with E-state index < -0.39 is 0 Å². The third-order valence-electron chi connectivity index (χ3n) is 2.89. The van der Waals surface area contributed by atoms with Gasteiger partial charge in [0.1, 0.15) is 10.7 Å². The van der Waals surface area contributed by atoms with Crippen LogP contribution in [0.25, 0.3) is 22.6 Å². The molecule has 3 N–H and O–H groups in total. The normalized spacial score (nSPS) is 11.3. The van der Waals surface area contributed by atoms with Crippen LogP contribution in [0.3, 0.4) is 0 Å². The lowest BCUT2D eigenvalue weighted by Crippen LogP contribution is -1.94. The molecule has 3 rings (SSSR count). The van der Waals surface area contributed by atoms with E-state index >= 15 is 0 Å². The zero-order chi connectivity index (χ0) is 12.7. The third kappa shape index (κ3) is 1.81. The molecule has 2 aromatic heterocycles. The van der Waals surface area contributed by atoms with Crippen LogP contribution in [0.4, 0.5) is 0 Å². The van der Waals surface area contributed by atoms with Crippen LogP contribution in [0, 0.1) is 13.8 Å². The zero-order valence-corrected chi connectivity index (χ0v) is 11.1.